The summed E-state index contributed by atoms with van der Waals surface area (Å²) >= 11 is 0. The van der Waals surface area contributed by atoms with Gasteiger partial charge in [-0.2, -0.15) is 10.1 Å². The highest BCUT2D eigenvalue weighted by molar-refractivity contribution is 5.89. The standard InChI is InChI=1S/C11H10N6O/c12-11-15-9(7-4-13-17-10(7)16-11)8-3-1-2-6(5-18)14-8/h1-4,18H,5H2,(H3,12,13,15,16,17). The van der Waals surface area contributed by atoms with E-state index in [9.17, 15) is 0 Å². The maximum atomic E-state index is 9.10. The number of aromatic nitrogens is 5. The molecule has 0 saturated heterocycles. The van der Waals surface area contributed by atoms with Crippen molar-refractivity contribution in [2.75, 3.05) is 5.73 Å². The summed E-state index contributed by atoms with van der Waals surface area (Å²) < 4.78 is 0. The minimum Gasteiger partial charge on any atom is -0.390 e. The minimum absolute atomic E-state index is 0.122. The molecule has 0 aliphatic rings. The second-order valence-electron chi connectivity index (χ2n) is 3.73. The van der Waals surface area contributed by atoms with E-state index in [1.165, 1.54) is 0 Å². The van der Waals surface area contributed by atoms with Crippen LogP contribution in [-0.4, -0.2) is 30.3 Å². The van der Waals surface area contributed by atoms with E-state index in [1.807, 2.05) is 0 Å². The summed E-state index contributed by atoms with van der Waals surface area (Å²) in [5, 5.41) is 16.5. The molecule has 3 aromatic rings. The Morgan fingerprint density at radius 1 is 1.22 bits per heavy atom. The molecule has 3 heterocycles. The highest BCUT2D eigenvalue weighted by Crippen LogP contribution is 2.23. The van der Waals surface area contributed by atoms with Crippen LogP contribution in [0.3, 0.4) is 0 Å². The van der Waals surface area contributed by atoms with Crippen molar-refractivity contribution in [3.63, 3.8) is 0 Å². The highest BCUT2D eigenvalue weighted by Gasteiger charge is 2.11. The summed E-state index contributed by atoms with van der Waals surface area (Å²) in [7, 11) is 0. The predicted octanol–water partition coefficient (Wildman–Crippen LogP) is 0.489. The van der Waals surface area contributed by atoms with Crippen LogP contribution in [0.5, 0.6) is 0 Å². The molecular weight excluding hydrogens is 232 g/mol. The Hall–Kier alpha value is -2.54. The lowest BCUT2D eigenvalue weighted by Gasteiger charge is -2.04. The van der Waals surface area contributed by atoms with Crippen molar-refractivity contribution in [2.24, 2.45) is 0 Å². The lowest BCUT2D eigenvalue weighted by molar-refractivity contribution is 0.277. The fourth-order valence-corrected chi connectivity index (χ4v) is 1.75. The zero-order valence-electron chi connectivity index (χ0n) is 9.33. The van der Waals surface area contributed by atoms with Gasteiger partial charge in [0.15, 0.2) is 5.65 Å². The van der Waals surface area contributed by atoms with Crippen LogP contribution in [0.2, 0.25) is 0 Å². The molecule has 0 bridgehead atoms. The van der Waals surface area contributed by atoms with Gasteiger partial charge in [0.1, 0.15) is 5.69 Å². The van der Waals surface area contributed by atoms with Gasteiger partial charge < -0.3 is 10.8 Å². The Morgan fingerprint density at radius 2 is 2.11 bits per heavy atom. The zero-order valence-corrected chi connectivity index (χ0v) is 9.33. The first-order valence-electron chi connectivity index (χ1n) is 5.31. The zero-order chi connectivity index (χ0) is 12.5. The molecule has 0 saturated carbocycles. The second-order valence-corrected chi connectivity index (χ2v) is 3.73. The average Bonchev–Trinajstić information content (AvgIpc) is 2.85. The molecule has 0 unspecified atom stereocenters. The van der Waals surface area contributed by atoms with E-state index < -0.39 is 0 Å². The third-order valence-electron chi connectivity index (χ3n) is 2.54. The van der Waals surface area contributed by atoms with Crippen molar-refractivity contribution in [1.29, 1.82) is 0 Å². The lowest BCUT2D eigenvalue weighted by atomic mass is 10.2. The van der Waals surface area contributed by atoms with Crippen LogP contribution in [0.25, 0.3) is 22.4 Å². The third kappa shape index (κ3) is 1.66. The number of aliphatic hydroxyl groups excluding tert-OH is 1. The van der Waals surface area contributed by atoms with Crippen LogP contribution in [-0.2, 0) is 6.61 Å². The monoisotopic (exact) mass is 242 g/mol. The minimum atomic E-state index is -0.122. The van der Waals surface area contributed by atoms with Crippen LogP contribution >= 0.6 is 0 Å². The van der Waals surface area contributed by atoms with Gasteiger partial charge in [0.05, 0.1) is 29.6 Å². The molecule has 0 aliphatic carbocycles. The number of nitrogen functional groups attached to an aromatic ring is 1. The van der Waals surface area contributed by atoms with E-state index in [4.69, 9.17) is 10.8 Å². The van der Waals surface area contributed by atoms with Gasteiger partial charge in [-0.25, -0.2) is 9.97 Å². The van der Waals surface area contributed by atoms with Crippen molar-refractivity contribution < 1.29 is 5.11 Å². The van der Waals surface area contributed by atoms with Gasteiger partial charge >= 0.3 is 0 Å². The van der Waals surface area contributed by atoms with E-state index in [0.717, 1.165) is 5.39 Å². The summed E-state index contributed by atoms with van der Waals surface area (Å²) in [4.78, 5) is 12.5. The maximum Gasteiger partial charge on any atom is 0.222 e. The molecule has 0 radical (unpaired) electrons. The number of pyridine rings is 1. The average molecular weight is 242 g/mol. The molecule has 18 heavy (non-hydrogen) atoms. The molecule has 0 spiro atoms. The topological polar surface area (TPSA) is 114 Å². The molecule has 4 N–H and O–H groups in total. The third-order valence-corrected chi connectivity index (χ3v) is 2.54. The fraction of sp³-hybridized carbons (Fsp3) is 0.0909. The Balaban J connectivity index is 2.26. The van der Waals surface area contributed by atoms with E-state index in [-0.39, 0.29) is 12.6 Å². The summed E-state index contributed by atoms with van der Waals surface area (Å²) in [6.07, 6.45) is 1.62. The van der Waals surface area contributed by atoms with Crippen LogP contribution in [0.15, 0.2) is 24.4 Å². The number of nitrogens with one attached hydrogen (secondary N) is 1. The second kappa shape index (κ2) is 4.04. The van der Waals surface area contributed by atoms with E-state index in [1.54, 1.807) is 24.4 Å². The van der Waals surface area contributed by atoms with Gasteiger partial charge in [0.2, 0.25) is 5.95 Å². The number of nitrogens with two attached hydrogens (primary N) is 1. The molecule has 90 valence electrons. The number of hydrogen-bond acceptors (Lipinski definition) is 6. The van der Waals surface area contributed by atoms with Gasteiger partial charge in [-0.05, 0) is 12.1 Å². The molecule has 0 atom stereocenters. The summed E-state index contributed by atoms with van der Waals surface area (Å²) in [6.45, 7) is -0.122. The molecular formula is C11H10N6O. The summed E-state index contributed by atoms with van der Waals surface area (Å²) in [6, 6.07) is 5.34. The molecule has 7 nitrogen and oxygen atoms in total. The Bertz CT molecular complexity index is 708. The van der Waals surface area contributed by atoms with Gasteiger partial charge in [0.25, 0.3) is 0 Å². The number of H-pyrrole nitrogens is 1. The van der Waals surface area contributed by atoms with Crippen molar-refractivity contribution in [3.05, 3.63) is 30.1 Å². The predicted molar refractivity (Wildman–Crippen MR) is 65.2 cm³/mol. The smallest absolute Gasteiger partial charge is 0.222 e. The molecule has 0 aromatic carbocycles. The highest BCUT2D eigenvalue weighted by atomic mass is 16.3. The fourth-order valence-electron chi connectivity index (χ4n) is 1.75. The van der Waals surface area contributed by atoms with Gasteiger partial charge in [-0.15, -0.1) is 0 Å². The number of rotatable bonds is 2. The SMILES string of the molecule is Nc1nc(-c2cccc(CO)n2)c2cn[nH]c2n1. The van der Waals surface area contributed by atoms with Gasteiger partial charge in [-0.3, -0.25) is 5.10 Å². The van der Waals surface area contributed by atoms with Crippen molar-refractivity contribution in [1.82, 2.24) is 25.1 Å². The Kier molecular flexibility index (Phi) is 2.38. The van der Waals surface area contributed by atoms with E-state index >= 15 is 0 Å². The van der Waals surface area contributed by atoms with Crippen LogP contribution < -0.4 is 5.73 Å². The number of hydrogen-bond donors (Lipinski definition) is 3. The van der Waals surface area contributed by atoms with Crippen LogP contribution in [0.4, 0.5) is 5.95 Å². The van der Waals surface area contributed by atoms with Gasteiger partial charge in [0, 0.05) is 0 Å². The molecule has 0 fully saturated rings. The summed E-state index contributed by atoms with van der Waals surface area (Å²) in [5.74, 6) is 0.151. The van der Waals surface area contributed by atoms with Crippen molar-refractivity contribution >= 4 is 17.0 Å². The molecule has 0 amide bonds. The first-order chi connectivity index (χ1) is 8.78. The summed E-state index contributed by atoms with van der Waals surface area (Å²) in [5.41, 5.74) is 8.00. The van der Waals surface area contributed by atoms with E-state index in [0.29, 0.717) is 22.7 Å². The maximum absolute atomic E-state index is 9.10. The van der Waals surface area contributed by atoms with Gasteiger partial charge in [-0.1, -0.05) is 6.07 Å². The molecule has 3 aromatic heterocycles. The first kappa shape index (κ1) is 10.6. The number of nitrogens with zero attached hydrogens (tertiary/aromatic N) is 4. The molecule has 7 heteroatoms. The number of aliphatic hydroxyl groups is 1. The number of aromatic amines is 1. The normalized spacial score (nSPS) is 10.9. The Labute approximate surface area is 102 Å². The van der Waals surface area contributed by atoms with Crippen LogP contribution in [0.1, 0.15) is 5.69 Å². The molecule has 0 aliphatic heterocycles. The Morgan fingerprint density at radius 3 is 2.94 bits per heavy atom. The first-order valence-corrected chi connectivity index (χ1v) is 5.31. The van der Waals surface area contributed by atoms with Crippen LogP contribution in [0, 0.1) is 0 Å². The van der Waals surface area contributed by atoms with Crippen molar-refractivity contribution in [2.45, 2.75) is 6.61 Å². The van der Waals surface area contributed by atoms with Crippen molar-refractivity contribution in [3.8, 4) is 11.4 Å². The number of anilines is 1. The largest absolute Gasteiger partial charge is 0.390 e. The van der Waals surface area contributed by atoms with E-state index in [2.05, 4.69) is 25.1 Å². The number of fused-ring (bicyclic) bond motifs is 1. The lowest BCUT2D eigenvalue weighted by Crippen LogP contribution is -1.99. The molecule has 3 rings (SSSR count). The quantitative estimate of drug-likeness (QED) is 0.602.